The molecule has 0 radical (unpaired) electrons. The Morgan fingerprint density at radius 2 is 1.69 bits per heavy atom. The first-order valence-corrected chi connectivity index (χ1v) is 15.1. The molecule has 0 aliphatic carbocycles. The van der Waals surface area contributed by atoms with E-state index in [0.29, 0.717) is 23.9 Å². The number of hydrogen-bond acceptors (Lipinski definition) is 8. The van der Waals surface area contributed by atoms with Gasteiger partial charge in [0.15, 0.2) is 0 Å². The van der Waals surface area contributed by atoms with Crippen molar-refractivity contribution in [2.75, 3.05) is 52.8 Å². The van der Waals surface area contributed by atoms with Crippen LogP contribution in [-0.4, -0.2) is 80.8 Å². The number of ether oxygens (including phenoxy) is 2. The number of likely N-dealkylation sites (N-methyl/N-ethyl adjacent to an activating group) is 1. The summed E-state index contributed by atoms with van der Waals surface area (Å²) in [6.45, 7) is 5.63. The largest absolute Gasteiger partial charge is 0.472 e. The summed E-state index contributed by atoms with van der Waals surface area (Å²) in [7, 11) is 1.09. The Bertz CT molecular complexity index is 1060. The smallest absolute Gasteiger partial charge is 0.459 e. The highest BCUT2D eigenvalue weighted by molar-refractivity contribution is 14.1. The second kappa shape index (κ2) is 14.7. The fourth-order valence-electron chi connectivity index (χ4n) is 2.36. The lowest BCUT2D eigenvalue weighted by atomic mass is 10.2. The topological polar surface area (TPSA) is 137 Å². The molecule has 15 heteroatoms. The van der Waals surface area contributed by atoms with Crippen molar-refractivity contribution < 1.29 is 46.8 Å². The zero-order chi connectivity index (χ0) is 27.8. The predicted octanol–water partition coefficient (Wildman–Crippen LogP) is 3.94. The average Bonchev–Trinajstić information content (AvgIpc) is 2.71. The van der Waals surface area contributed by atoms with Crippen LogP contribution in [0.25, 0.3) is 0 Å². The van der Waals surface area contributed by atoms with Gasteiger partial charge in [0, 0.05) is 19.6 Å². The Kier molecular flexibility index (Phi) is 13.7. The monoisotopic (exact) mass is 865 g/mol. The maximum absolute atomic E-state index is 12.9. The first-order valence-electron chi connectivity index (χ1n) is 10.3. The van der Waals surface area contributed by atoms with Gasteiger partial charge in [-0.05, 0) is 80.8 Å². The fraction of sp³-hybridized carbons (Fsp3) is 0.476. The molecule has 202 valence electrons. The summed E-state index contributed by atoms with van der Waals surface area (Å²) in [5.74, 6) is -1.80. The summed E-state index contributed by atoms with van der Waals surface area (Å²) in [6.07, 6.45) is -1.30. The number of esters is 2. The third kappa shape index (κ3) is 12.0. The Labute approximate surface area is 251 Å². The van der Waals surface area contributed by atoms with Crippen molar-refractivity contribution in [3.05, 3.63) is 34.5 Å². The van der Waals surface area contributed by atoms with E-state index in [2.05, 4.69) is 11.9 Å². The van der Waals surface area contributed by atoms with Crippen molar-refractivity contribution in [2.24, 2.45) is 0 Å². The van der Waals surface area contributed by atoms with Gasteiger partial charge in [-0.25, -0.2) is 14.2 Å². The average molecular weight is 865 g/mol. The molecule has 1 aromatic rings. The van der Waals surface area contributed by atoms with Crippen LogP contribution < -0.4 is 5.32 Å². The zero-order valence-corrected chi connectivity index (χ0v) is 27.8. The molecule has 2 N–H and O–H groups in total. The third-order valence-corrected chi connectivity index (χ3v) is 7.98. The first-order chi connectivity index (χ1) is 16.4. The minimum absolute atomic E-state index is 0.0691. The summed E-state index contributed by atoms with van der Waals surface area (Å²) in [6, 6.07) is 1.71. The van der Waals surface area contributed by atoms with Crippen molar-refractivity contribution in [1.82, 2.24) is 0 Å². The molecule has 0 fully saturated rings. The van der Waals surface area contributed by atoms with Gasteiger partial charge in [-0.3, -0.25) is 13.8 Å². The molecule has 0 aromatic heterocycles. The lowest BCUT2D eigenvalue weighted by Gasteiger charge is -2.25. The van der Waals surface area contributed by atoms with Crippen LogP contribution in [0.15, 0.2) is 18.2 Å². The van der Waals surface area contributed by atoms with Crippen LogP contribution >= 0.6 is 75.6 Å². The molecule has 11 nitrogen and oxygen atoms in total. The molecular formula is C21H29I3N2O9P+. The van der Waals surface area contributed by atoms with E-state index < -0.39 is 39.1 Å². The van der Waals surface area contributed by atoms with Crippen LogP contribution in [0.2, 0.25) is 0 Å². The Morgan fingerprint density at radius 1 is 1.11 bits per heavy atom. The predicted molar refractivity (Wildman–Crippen MR) is 159 cm³/mol. The molecule has 0 aliphatic heterocycles. The standard InChI is InChI=1S/C21H28I3N2O9P/c1-12(2)20(28)32-10-14(35-36(30,31)34-8-7-26(4,5)6)11-33-21(29)17-15(22)9-16(23)19(18(17)24)25-13(3)27/h9,14H,1,7-8,10-11H2,2-6H3,(H-,25,27,30,31)/p+1. The number of carbonyl (C=O) groups is 3. The number of amides is 1. The first kappa shape index (κ1) is 33.7. The van der Waals surface area contributed by atoms with Gasteiger partial charge < -0.3 is 24.2 Å². The van der Waals surface area contributed by atoms with Gasteiger partial charge in [-0.2, -0.15) is 0 Å². The van der Waals surface area contributed by atoms with E-state index in [4.69, 9.17) is 18.5 Å². The second-order valence-electron chi connectivity index (χ2n) is 8.61. The normalized spacial score (nSPS) is 13.9. The molecule has 1 aromatic carbocycles. The number of rotatable bonds is 13. The van der Waals surface area contributed by atoms with E-state index in [1.807, 2.05) is 88.9 Å². The molecule has 0 saturated heterocycles. The molecule has 0 aliphatic rings. The van der Waals surface area contributed by atoms with Gasteiger partial charge in [-0.15, -0.1) is 0 Å². The van der Waals surface area contributed by atoms with E-state index in [-0.39, 0.29) is 23.7 Å². The number of quaternary nitrogens is 1. The van der Waals surface area contributed by atoms with E-state index in [0.717, 1.165) is 3.57 Å². The van der Waals surface area contributed by atoms with Crippen LogP contribution in [-0.2, 0) is 32.7 Å². The second-order valence-corrected chi connectivity index (χ2v) is 13.4. The van der Waals surface area contributed by atoms with Crippen molar-refractivity contribution in [2.45, 2.75) is 20.0 Å². The van der Waals surface area contributed by atoms with Crippen molar-refractivity contribution >= 4 is 99.1 Å². The van der Waals surface area contributed by atoms with Crippen molar-refractivity contribution in [1.29, 1.82) is 0 Å². The molecule has 2 unspecified atom stereocenters. The number of phosphoric ester groups is 1. The van der Waals surface area contributed by atoms with Gasteiger partial charge >= 0.3 is 19.8 Å². The maximum atomic E-state index is 12.9. The number of phosphoric acid groups is 1. The minimum Gasteiger partial charge on any atom is -0.459 e. The molecule has 2 atom stereocenters. The van der Waals surface area contributed by atoms with E-state index >= 15 is 0 Å². The third-order valence-electron chi connectivity index (χ3n) is 4.12. The van der Waals surface area contributed by atoms with Crippen molar-refractivity contribution in [3.63, 3.8) is 0 Å². The summed E-state index contributed by atoms with van der Waals surface area (Å²) in [5, 5.41) is 2.69. The van der Waals surface area contributed by atoms with E-state index in [1.165, 1.54) is 13.8 Å². The van der Waals surface area contributed by atoms with Gasteiger partial charge in [0.05, 0.1) is 36.0 Å². The van der Waals surface area contributed by atoms with Crippen LogP contribution in [0.3, 0.4) is 0 Å². The SMILES string of the molecule is C=C(C)C(=O)OCC(COC(=O)c1c(I)cc(I)c(NC(C)=O)c1I)OP(=O)(O)OCC[N+](C)(C)C. The maximum Gasteiger partial charge on any atom is 0.472 e. The number of carbonyl (C=O) groups excluding carboxylic acids is 3. The van der Waals surface area contributed by atoms with Crippen LogP contribution in [0.1, 0.15) is 24.2 Å². The van der Waals surface area contributed by atoms with Crippen LogP contribution in [0, 0.1) is 10.7 Å². The van der Waals surface area contributed by atoms with E-state index in [9.17, 15) is 23.8 Å². The molecule has 1 rings (SSSR count). The van der Waals surface area contributed by atoms with Crippen LogP contribution in [0.4, 0.5) is 5.69 Å². The van der Waals surface area contributed by atoms with Gasteiger partial charge in [0.1, 0.15) is 32.5 Å². The summed E-state index contributed by atoms with van der Waals surface area (Å²) in [4.78, 5) is 46.5. The Hall–Kier alpha value is -0.370. The highest BCUT2D eigenvalue weighted by Gasteiger charge is 2.30. The molecule has 0 bridgehead atoms. The lowest BCUT2D eigenvalue weighted by molar-refractivity contribution is -0.870. The summed E-state index contributed by atoms with van der Waals surface area (Å²) >= 11 is 5.95. The number of nitrogens with one attached hydrogen (secondary N) is 1. The highest BCUT2D eigenvalue weighted by atomic mass is 127. The molecule has 0 heterocycles. The molecule has 1 amide bonds. The highest BCUT2D eigenvalue weighted by Crippen LogP contribution is 2.44. The van der Waals surface area contributed by atoms with Gasteiger partial charge in [-0.1, -0.05) is 6.58 Å². The number of hydrogen-bond donors (Lipinski definition) is 2. The summed E-state index contributed by atoms with van der Waals surface area (Å²) < 4.78 is 35.3. The number of anilines is 1. The quantitative estimate of drug-likeness (QED) is 0.0994. The van der Waals surface area contributed by atoms with Gasteiger partial charge in [0.25, 0.3) is 0 Å². The Balaban J connectivity index is 3.05. The lowest BCUT2D eigenvalue weighted by Crippen LogP contribution is -2.37. The number of benzene rings is 1. The molecular weight excluding hydrogens is 836 g/mol. The molecule has 36 heavy (non-hydrogen) atoms. The number of halogens is 3. The fourth-order valence-corrected chi connectivity index (χ4v) is 7.31. The zero-order valence-electron chi connectivity index (χ0n) is 20.4. The van der Waals surface area contributed by atoms with E-state index in [1.54, 1.807) is 6.07 Å². The number of nitrogens with zero attached hydrogens (tertiary/aromatic N) is 1. The van der Waals surface area contributed by atoms with Crippen LogP contribution in [0.5, 0.6) is 0 Å². The summed E-state index contributed by atoms with van der Waals surface area (Å²) in [5.41, 5.74) is 0.778. The molecule has 0 saturated carbocycles. The Morgan fingerprint density at radius 3 is 2.22 bits per heavy atom. The van der Waals surface area contributed by atoms with Gasteiger partial charge in [0.2, 0.25) is 5.91 Å². The minimum atomic E-state index is -4.57. The molecule has 0 spiro atoms. The van der Waals surface area contributed by atoms with Crippen molar-refractivity contribution in [3.8, 4) is 0 Å².